The minimum absolute atomic E-state index is 0.0791. The third kappa shape index (κ3) is 3.62. The summed E-state index contributed by atoms with van der Waals surface area (Å²) >= 11 is 3.42. The van der Waals surface area contributed by atoms with Gasteiger partial charge in [-0.05, 0) is 61.6 Å². The Morgan fingerprint density at radius 2 is 2.18 bits per heavy atom. The van der Waals surface area contributed by atoms with Gasteiger partial charge in [-0.1, -0.05) is 11.8 Å². The van der Waals surface area contributed by atoms with E-state index in [1.54, 1.807) is 18.4 Å². The number of aromatic nitrogens is 2. The molecule has 0 N–H and O–H groups in total. The fourth-order valence-corrected chi connectivity index (χ4v) is 3.47. The van der Waals surface area contributed by atoms with Crippen molar-refractivity contribution < 1.29 is 9.53 Å². The number of esters is 1. The molecule has 1 atom stereocenters. The first-order valence-corrected chi connectivity index (χ1v) is 8.97. The van der Waals surface area contributed by atoms with Crippen LogP contribution in [-0.2, 0) is 16.1 Å². The molecule has 0 bridgehead atoms. The standard InChI is InChI=1S/C15H17IN2O3S/c1-4-18-13(19)11-8-10(16)6-7-12(11)17-15(18)22-9(3)14(20)21-5-2/h6-9H,4-5H2,1-3H3. The fourth-order valence-electron chi connectivity index (χ4n) is 2.01. The van der Waals surface area contributed by atoms with Gasteiger partial charge in [-0.25, -0.2) is 4.98 Å². The molecule has 22 heavy (non-hydrogen) atoms. The summed E-state index contributed by atoms with van der Waals surface area (Å²) in [4.78, 5) is 28.9. The number of ether oxygens (including phenoxy) is 1. The van der Waals surface area contributed by atoms with Crippen LogP contribution in [0.4, 0.5) is 0 Å². The van der Waals surface area contributed by atoms with Gasteiger partial charge in [0, 0.05) is 10.1 Å². The highest BCUT2D eigenvalue weighted by Gasteiger charge is 2.19. The molecule has 0 saturated heterocycles. The molecular formula is C15H17IN2O3S. The van der Waals surface area contributed by atoms with E-state index in [1.165, 1.54) is 11.8 Å². The maximum Gasteiger partial charge on any atom is 0.319 e. The molecule has 1 heterocycles. The van der Waals surface area contributed by atoms with Crippen molar-refractivity contribution >= 4 is 51.2 Å². The Bertz CT molecular complexity index is 760. The number of hydrogen-bond acceptors (Lipinski definition) is 5. The molecule has 0 aliphatic rings. The Balaban J connectivity index is 2.47. The van der Waals surface area contributed by atoms with Crippen molar-refractivity contribution in [1.29, 1.82) is 0 Å². The minimum atomic E-state index is -0.411. The van der Waals surface area contributed by atoms with Crippen LogP contribution in [0.15, 0.2) is 28.2 Å². The number of benzene rings is 1. The van der Waals surface area contributed by atoms with Crippen LogP contribution in [0.25, 0.3) is 10.9 Å². The predicted molar refractivity (Wildman–Crippen MR) is 96.3 cm³/mol. The van der Waals surface area contributed by atoms with Crippen LogP contribution >= 0.6 is 34.4 Å². The topological polar surface area (TPSA) is 61.2 Å². The molecule has 7 heteroatoms. The van der Waals surface area contributed by atoms with Crippen LogP contribution in [0.1, 0.15) is 20.8 Å². The van der Waals surface area contributed by atoms with Crippen molar-refractivity contribution in [3.63, 3.8) is 0 Å². The number of nitrogens with zero attached hydrogens (tertiary/aromatic N) is 2. The second-order valence-corrected chi connectivity index (χ2v) is 7.17. The molecule has 0 saturated carbocycles. The van der Waals surface area contributed by atoms with E-state index in [0.29, 0.717) is 29.2 Å². The van der Waals surface area contributed by atoms with Crippen LogP contribution in [0.3, 0.4) is 0 Å². The summed E-state index contributed by atoms with van der Waals surface area (Å²) in [5.41, 5.74) is 0.568. The lowest BCUT2D eigenvalue weighted by molar-refractivity contribution is -0.142. The summed E-state index contributed by atoms with van der Waals surface area (Å²) in [7, 11) is 0. The number of rotatable bonds is 5. The number of carbonyl (C=O) groups is 1. The summed E-state index contributed by atoms with van der Waals surface area (Å²) in [6.07, 6.45) is 0. The minimum Gasteiger partial charge on any atom is -0.465 e. The molecule has 1 aromatic heterocycles. The lowest BCUT2D eigenvalue weighted by Crippen LogP contribution is -2.25. The normalized spacial score (nSPS) is 12.4. The summed E-state index contributed by atoms with van der Waals surface area (Å²) in [6.45, 7) is 6.26. The second-order valence-electron chi connectivity index (χ2n) is 4.62. The Morgan fingerprint density at radius 3 is 2.82 bits per heavy atom. The lowest BCUT2D eigenvalue weighted by Gasteiger charge is -2.14. The van der Waals surface area contributed by atoms with Gasteiger partial charge >= 0.3 is 5.97 Å². The highest BCUT2D eigenvalue weighted by molar-refractivity contribution is 14.1. The SMILES string of the molecule is CCOC(=O)C(C)Sc1nc2ccc(I)cc2c(=O)n1CC. The van der Waals surface area contributed by atoms with Crippen molar-refractivity contribution in [2.45, 2.75) is 37.7 Å². The predicted octanol–water partition coefficient (Wildman–Crippen LogP) is 3.06. The first-order valence-electron chi connectivity index (χ1n) is 7.01. The van der Waals surface area contributed by atoms with Gasteiger partial charge in [0.1, 0.15) is 5.25 Å². The van der Waals surface area contributed by atoms with E-state index in [0.717, 1.165) is 3.57 Å². The van der Waals surface area contributed by atoms with Crippen molar-refractivity contribution in [3.8, 4) is 0 Å². The molecule has 0 aliphatic carbocycles. The highest BCUT2D eigenvalue weighted by atomic mass is 127. The third-order valence-electron chi connectivity index (χ3n) is 3.10. The lowest BCUT2D eigenvalue weighted by atomic mass is 10.2. The van der Waals surface area contributed by atoms with Gasteiger partial charge < -0.3 is 4.74 Å². The second kappa shape index (κ2) is 7.45. The van der Waals surface area contributed by atoms with Gasteiger partial charge in [0.2, 0.25) is 0 Å². The maximum atomic E-state index is 12.6. The first-order chi connectivity index (χ1) is 10.5. The molecule has 5 nitrogen and oxygen atoms in total. The summed E-state index contributed by atoms with van der Waals surface area (Å²) in [6, 6.07) is 5.58. The molecular weight excluding hydrogens is 415 g/mol. The number of carbonyl (C=O) groups excluding carboxylic acids is 1. The van der Waals surface area contributed by atoms with Crippen LogP contribution in [0, 0.1) is 3.57 Å². The maximum absolute atomic E-state index is 12.6. The molecule has 2 rings (SSSR count). The molecule has 0 amide bonds. The average molecular weight is 432 g/mol. The van der Waals surface area contributed by atoms with Gasteiger partial charge in [0.05, 0.1) is 17.5 Å². The number of hydrogen-bond donors (Lipinski definition) is 0. The van der Waals surface area contributed by atoms with Crippen LogP contribution < -0.4 is 5.56 Å². The van der Waals surface area contributed by atoms with Crippen molar-refractivity contribution in [2.24, 2.45) is 0 Å². The summed E-state index contributed by atoms with van der Waals surface area (Å²) in [5.74, 6) is -0.299. The van der Waals surface area contributed by atoms with E-state index in [1.807, 2.05) is 25.1 Å². The van der Waals surface area contributed by atoms with Crippen LogP contribution in [-0.4, -0.2) is 27.4 Å². The van der Waals surface area contributed by atoms with E-state index in [9.17, 15) is 9.59 Å². The van der Waals surface area contributed by atoms with E-state index < -0.39 is 5.25 Å². The molecule has 0 radical (unpaired) electrons. The molecule has 0 aliphatic heterocycles. The van der Waals surface area contributed by atoms with E-state index in [-0.39, 0.29) is 11.5 Å². The average Bonchev–Trinajstić information content (AvgIpc) is 2.48. The highest BCUT2D eigenvalue weighted by Crippen LogP contribution is 2.23. The smallest absolute Gasteiger partial charge is 0.319 e. The molecule has 1 unspecified atom stereocenters. The first kappa shape index (κ1) is 17.3. The van der Waals surface area contributed by atoms with Gasteiger partial charge in [-0.2, -0.15) is 0 Å². The van der Waals surface area contributed by atoms with Gasteiger partial charge in [-0.3, -0.25) is 14.2 Å². The number of thioether (sulfide) groups is 1. The number of fused-ring (bicyclic) bond motifs is 1. The Morgan fingerprint density at radius 1 is 1.45 bits per heavy atom. The van der Waals surface area contributed by atoms with Crippen LogP contribution in [0.5, 0.6) is 0 Å². The molecule has 1 aromatic carbocycles. The van der Waals surface area contributed by atoms with Crippen LogP contribution in [0.2, 0.25) is 0 Å². The summed E-state index contributed by atoms with van der Waals surface area (Å²) in [5, 5.41) is 0.731. The van der Waals surface area contributed by atoms with Gasteiger partial charge in [0.25, 0.3) is 5.56 Å². The van der Waals surface area contributed by atoms with E-state index >= 15 is 0 Å². The molecule has 2 aromatic rings. The van der Waals surface area contributed by atoms with E-state index in [2.05, 4.69) is 27.6 Å². The zero-order valence-electron chi connectivity index (χ0n) is 12.6. The molecule has 118 valence electrons. The van der Waals surface area contributed by atoms with Gasteiger partial charge in [0.15, 0.2) is 5.16 Å². The largest absolute Gasteiger partial charge is 0.465 e. The van der Waals surface area contributed by atoms with Crippen molar-refractivity contribution in [2.75, 3.05) is 6.61 Å². The Hall–Kier alpha value is -1.09. The fraction of sp³-hybridized carbons (Fsp3) is 0.400. The molecule has 0 fully saturated rings. The van der Waals surface area contributed by atoms with Crippen molar-refractivity contribution in [1.82, 2.24) is 9.55 Å². The zero-order valence-corrected chi connectivity index (χ0v) is 15.6. The van der Waals surface area contributed by atoms with Gasteiger partial charge in [-0.15, -0.1) is 0 Å². The third-order valence-corrected chi connectivity index (χ3v) is 4.84. The zero-order chi connectivity index (χ0) is 16.3. The quantitative estimate of drug-likeness (QED) is 0.315. The molecule has 0 spiro atoms. The Labute approximate surface area is 146 Å². The monoisotopic (exact) mass is 432 g/mol. The van der Waals surface area contributed by atoms with Crippen molar-refractivity contribution in [3.05, 3.63) is 32.1 Å². The Kier molecular flexibility index (Phi) is 5.85. The number of halogens is 1. The van der Waals surface area contributed by atoms with E-state index in [4.69, 9.17) is 4.74 Å². The summed E-state index contributed by atoms with van der Waals surface area (Å²) < 4.78 is 7.60.